The smallest absolute Gasteiger partial charge is 0.337 e. The van der Waals surface area contributed by atoms with Gasteiger partial charge in [-0.05, 0) is 42.8 Å². The Morgan fingerprint density at radius 1 is 1.13 bits per heavy atom. The molecule has 2 heterocycles. The Bertz CT molecular complexity index is 1050. The van der Waals surface area contributed by atoms with E-state index in [1.54, 1.807) is 47.0 Å². The summed E-state index contributed by atoms with van der Waals surface area (Å²) >= 11 is 1.55. The number of halogens is 4. The normalized spacial score (nSPS) is 16.8. The van der Waals surface area contributed by atoms with Crippen LogP contribution in [0.15, 0.2) is 57.9 Å². The highest BCUT2D eigenvalue weighted by Crippen LogP contribution is 2.33. The van der Waals surface area contributed by atoms with Gasteiger partial charge < -0.3 is 9.42 Å². The predicted octanol–water partition coefficient (Wildman–Crippen LogP) is 4.90. The Kier molecular flexibility index (Phi) is 5.50. The summed E-state index contributed by atoms with van der Waals surface area (Å²) in [7, 11) is 0. The van der Waals surface area contributed by atoms with Crippen molar-refractivity contribution in [1.29, 1.82) is 0 Å². The topological polar surface area (TPSA) is 59.2 Å². The lowest BCUT2D eigenvalue weighted by Gasteiger charge is -2.17. The third-order valence-electron chi connectivity index (χ3n) is 4.62. The van der Waals surface area contributed by atoms with Crippen molar-refractivity contribution in [3.05, 3.63) is 65.8 Å². The molecule has 1 amide bonds. The lowest BCUT2D eigenvalue weighted by molar-refractivity contribution is -0.159. The molecule has 0 spiro atoms. The lowest BCUT2D eigenvalue weighted by atomic mass is 10.2. The summed E-state index contributed by atoms with van der Waals surface area (Å²) < 4.78 is 55.8. The minimum atomic E-state index is -4.69. The molecule has 3 aromatic rings. The van der Waals surface area contributed by atoms with Crippen LogP contribution in [0.5, 0.6) is 0 Å². The van der Waals surface area contributed by atoms with Gasteiger partial charge in [-0.1, -0.05) is 17.3 Å². The summed E-state index contributed by atoms with van der Waals surface area (Å²) in [6.45, 7) is 1.02. The van der Waals surface area contributed by atoms with E-state index in [4.69, 9.17) is 0 Å². The minimum Gasteiger partial charge on any atom is -0.337 e. The van der Waals surface area contributed by atoms with Crippen molar-refractivity contribution in [1.82, 2.24) is 15.0 Å². The zero-order valence-corrected chi connectivity index (χ0v) is 16.2. The Morgan fingerprint density at radius 3 is 2.53 bits per heavy atom. The van der Waals surface area contributed by atoms with Crippen molar-refractivity contribution < 1.29 is 26.9 Å². The molecule has 0 aliphatic carbocycles. The van der Waals surface area contributed by atoms with E-state index in [1.165, 1.54) is 18.2 Å². The average molecular weight is 437 g/mol. The number of amides is 1. The largest absolute Gasteiger partial charge is 0.471 e. The maximum atomic E-state index is 13.9. The van der Waals surface area contributed by atoms with Gasteiger partial charge in [0.25, 0.3) is 5.91 Å². The quantitative estimate of drug-likeness (QED) is 0.544. The molecule has 1 aromatic heterocycles. The van der Waals surface area contributed by atoms with Crippen molar-refractivity contribution in [2.24, 2.45) is 0 Å². The highest BCUT2D eigenvalue weighted by atomic mass is 32.2. The first kappa shape index (κ1) is 20.4. The van der Waals surface area contributed by atoms with Crippen LogP contribution in [0.1, 0.15) is 22.7 Å². The number of thioether (sulfide) groups is 1. The molecule has 1 fully saturated rings. The number of benzene rings is 2. The van der Waals surface area contributed by atoms with Gasteiger partial charge in [0.2, 0.25) is 5.82 Å². The first-order valence-corrected chi connectivity index (χ1v) is 9.91. The van der Waals surface area contributed by atoms with E-state index in [9.17, 15) is 22.4 Å². The van der Waals surface area contributed by atoms with Crippen LogP contribution in [0.3, 0.4) is 0 Å². The molecular weight excluding hydrogens is 422 g/mol. The second-order valence-electron chi connectivity index (χ2n) is 6.70. The summed E-state index contributed by atoms with van der Waals surface area (Å²) in [4.78, 5) is 18.4. The SMILES string of the molecule is O=C(c1ccccc1F)N1CC[C@@H](Sc2ccc(-c3noc(C(F)(F)F)n3)cc2)C1. The van der Waals surface area contributed by atoms with Crippen molar-refractivity contribution in [2.75, 3.05) is 13.1 Å². The zero-order valence-electron chi connectivity index (χ0n) is 15.4. The number of alkyl halides is 3. The molecule has 10 heteroatoms. The molecule has 1 aliphatic rings. The van der Waals surface area contributed by atoms with E-state index in [0.29, 0.717) is 18.7 Å². The predicted molar refractivity (Wildman–Crippen MR) is 101 cm³/mol. The van der Waals surface area contributed by atoms with E-state index in [2.05, 4.69) is 14.7 Å². The highest BCUT2D eigenvalue weighted by molar-refractivity contribution is 8.00. The third-order valence-corrected chi connectivity index (χ3v) is 5.88. The molecule has 4 rings (SSSR count). The van der Waals surface area contributed by atoms with Crippen LogP contribution in [0, 0.1) is 5.82 Å². The molecule has 2 aromatic carbocycles. The maximum Gasteiger partial charge on any atom is 0.471 e. The fourth-order valence-electron chi connectivity index (χ4n) is 3.14. The number of hydrogen-bond donors (Lipinski definition) is 0. The van der Waals surface area contributed by atoms with Crippen molar-refractivity contribution >= 4 is 17.7 Å². The molecule has 0 radical (unpaired) electrons. The standard InChI is InChI=1S/C20H15F4N3O2S/c21-16-4-2-1-3-15(16)18(28)27-10-9-14(11-27)30-13-7-5-12(6-8-13)17-25-19(29-26-17)20(22,23)24/h1-8,14H,9-11H2/t14-/m1/s1. The molecule has 1 aliphatic heterocycles. The third kappa shape index (κ3) is 4.33. The fraction of sp³-hybridized carbons (Fsp3) is 0.250. The Hall–Kier alpha value is -2.88. The van der Waals surface area contributed by atoms with Gasteiger partial charge in [0, 0.05) is 28.8 Å². The average Bonchev–Trinajstić information content (AvgIpc) is 3.38. The van der Waals surface area contributed by atoms with Crippen LogP contribution < -0.4 is 0 Å². The summed E-state index contributed by atoms with van der Waals surface area (Å²) in [6, 6.07) is 12.6. The van der Waals surface area contributed by atoms with Gasteiger partial charge in [-0.15, -0.1) is 11.8 Å². The first-order valence-electron chi connectivity index (χ1n) is 9.03. The molecular formula is C20H15F4N3O2S. The molecule has 5 nitrogen and oxygen atoms in total. The number of rotatable bonds is 4. The first-order chi connectivity index (χ1) is 14.3. The molecule has 1 saturated heterocycles. The van der Waals surface area contributed by atoms with Crippen LogP contribution in [-0.2, 0) is 6.18 Å². The summed E-state index contributed by atoms with van der Waals surface area (Å²) in [5.41, 5.74) is 0.465. The van der Waals surface area contributed by atoms with Gasteiger partial charge >= 0.3 is 12.1 Å². The van der Waals surface area contributed by atoms with Gasteiger partial charge in [0.15, 0.2) is 0 Å². The number of nitrogens with zero attached hydrogens (tertiary/aromatic N) is 3. The van der Waals surface area contributed by atoms with Gasteiger partial charge in [0.1, 0.15) is 5.82 Å². The van der Waals surface area contributed by atoms with Crippen LogP contribution in [0.25, 0.3) is 11.4 Å². The van der Waals surface area contributed by atoms with E-state index < -0.39 is 17.9 Å². The second kappa shape index (κ2) is 8.10. The Labute approximate surface area is 173 Å². The zero-order chi connectivity index (χ0) is 21.3. The van der Waals surface area contributed by atoms with Crippen LogP contribution in [0.4, 0.5) is 17.6 Å². The van der Waals surface area contributed by atoms with Crippen LogP contribution >= 0.6 is 11.8 Å². The Balaban J connectivity index is 1.38. The molecule has 0 unspecified atom stereocenters. The second-order valence-corrected chi connectivity index (χ2v) is 8.08. The van der Waals surface area contributed by atoms with Crippen LogP contribution in [0.2, 0.25) is 0 Å². The lowest BCUT2D eigenvalue weighted by Crippen LogP contribution is -2.29. The number of aromatic nitrogens is 2. The molecule has 1 atom stereocenters. The fourth-order valence-corrected chi connectivity index (χ4v) is 4.30. The Morgan fingerprint density at radius 2 is 1.87 bits per heavy atom. The van der Waals surface area contributed by atoms with Crippen LogP contribution in [-0.4, -0.2) is 39.3 Å². The number of carbonyl (C=O) groups excluding carboxylic acids is 1. The minimum absolute atomic E-state index is 0.0610. The van der Waals surface area contributed by atoms with Gasteiger partial charge in [-0.25, -0.2) is 4.39 Å². The maximum absolute atomic E-state index is 13.9. The summed E-state index contributed by atoms with van der Waals surface area (Å²) in [5, 5.41) is 3.50. The number of carbonyl (C=O) groups is 1. The highest BCUT2D eigenvalue weighted by Gasteiger charge is 2.38. The molecule has 0 bridgehead atoms. The van der Waals surface area contributed by atoms with E-state index in [0.717, 1.165) is 11.3 Å². The van der Waals surface area contributed by atoms with E-state index in [1.807, 2.05) is 0 Å². The monoisotopic (exact) mass is 437 g/mol. The van der Waals surface area contributed by atoms with E-state index >= 15 is 0 Å². The number of hydrogen-bond acceptors (Lipinski definition) is 5. The molecule has 0 saturated carbocycles. The summed E-state index contributed by atoms with van der Waals surface area (Å²) in [5.74, 6) is -2.39. The van der Waals surface area contributed by atoms with Crippen molar-refractivity contribution in [3.8, 4) is 11.4 Å². The molecule has 0 N–H and O–H groups in total. The van der Waals surface area contributed by atoms with Crippen molar-refractivity contribution in [2.45, 2.75) is 22.7 Å². The summed E-state index contributed by atoms with van der Waals surface area (Å²) in [6.07, 6.45) is -3.93. The molecule has 30 heavy (non-hydrogen) atoms. The van der Waals surface area contributed by atoms with Gasteiger partial charge in [-0.3, -0.25) is 4.79 Å². The van der Waals surface area contributed by atoms with E-state index in [-0.39, 0.29) is 22.5 Å². The van der Waals surface area contributed by atoms with Gasteiger partial charge in [0.05, 0.1) is 5.56 Å². The molecule has 156 valence electrons. The van der Waals surface area contributed by atoms with Gasteiger partial charge in [-0.2, -0.15) is 18.2 Å². The van der Waals surface area contributed by atoms with Crippen molar-refractivity contribution in [3.63, 3.8) is 0 Å². The number of likely N-dealkylation sites (tertiary alicyclic amines) is 1.